The first-order valence-electron chi connectivity index (χ1n) is 4.15. The molecule has 0 aliphatic carbocycles. The zero-order valence-electron chi connectivity index (χ0n) is 7.59. The van der Waals surface area contributed by atoms with Gasteiger partial charge in [-0.15, -0.1) is 0 Å². The Morgan fingerprint density at radius 3 is 3.29 bits per heavy atom. The Labute approximate surface area is 94.7 Å². The third-order valence-electron chi connectivity index (χ3n) is 1.48. The van der Waals surface area contributed by atoms with Crippen LogP contribution in [0.2, 0.25) is 0 Å². The summed E-state index contributed by atoms with van der Waals surface area (Å²) >= 11 is 1.98. The number of aliphatic imine (C=N–C) groups is 1. The quantitative estimate of drug-likeness (QED) is 0.596. The summed E-state index contributed by atoms with van der Waals surface area (Å²) in [5.74, 6) is 0.239. The third-order valence-corrected chi connectivity index (χ3v) is 2.43. The standard InChI is InChI=1S/C8H10FIN2O2/c1-2-14-8(13)12-7-5(10)3-4-6(9)11-7/h3,6H,2,4H2,1H3,(H,11,12,13). The number of nitrogens with one attached hydrogen (secondary N) is 1. The van der Waals surface area contributed by atoms with Crippen LogP contribution < -0.4 is 5.32 Å². The number of alkyl halides is 1. The largest absolute Gasteiger partial charge is 0.450 e. The van der Waals surface area contributed by atoms with Crippen molar-refractivity contribution < 1.29 is 13.9 Å². The van der Waals surface area contributed by atoms with Gasteiger partial charge in [-0.2, -0.15) is 0 Å². The van der Waals surface area contributed by atoms with Crippen molar-refractivity contribution in [2.24, 2.45) is 4.99 Å². The van der Waals surface area contributed by atoms with Crippen LogP contribution >= 0.6 is 22.6 Å². The molecule has 0 spiro atoms. The van der Waals surface area contributed by atoms with Gasteiger partial charge in [-0.3, -0.25) is 5.32 Å². The molecule has 1 N–H and O–H groups in total. The van der Waals surface area contributed by atoms with E-state index in [4.69, 9.17) is 0 Å². The number of rotatable bonds is 1. The molecule has 1 rings (SSSR count). The van der Waals surface area contributed by atoms with Crippen molar-refractivity contribution >= 4 is 34.5 Å². The van der Waals surface area contributed by atoms with Crippen LogP contribution in [0.1, 0.15) is 13.3 Å². The number of carbonyl (C=O) groups excluding carboxylic acids is 1. The number of nitrogens with zero attached hydrogens (tertiary/aromatic N) is 1. The van der Waals surface area contributed by atoms with Crippen molar-refractivity contribution in [3.05, 3.63) is 9.66 Å². The predicted octanol–water partition coefficient (Wildman–Crippen LogP) is 2.15. The van der Waals surface area contributed by atoms with Gasteiger partial charge in [-0.05, 0) is 29.5 Å². The van der Waals surface area contributed by atoms with Gasteiger partial charge >= 0.3 is 6.09 Å². The summed E-state index contributed by atoms with van der Waals surface area (Å²) < 4.78 is 18.2. The van der Waals surface area contributed by atoms with Crippen LogP contribution in [0.3, 0.4) is 0 Å². The molecule has 0 saturated carbocycles. The molecule has 6 heteroatoms. The maximum absolute atomic E-state index is 12.8. The first kappa shape index (κ1) is 11.4. The van der Waals surface area contributed by atoms with E-state index >= 15 is 0 Å². The third kappa shape index (κ3) is 3.24. The summed E-state index contributed by atoms with van der Waals surface area (Å²) in [6.45, 7) is 1.97. The number of hydrogen-bond acceptors (Lipinski definition) is 3. The lowest BCUT2D eigenvalue weighted by Crippen LogP contribution is -2.33. The number of dihydropyridines is 1. The molecule has 0 fully saturated rings. The minimum absolute atomic E-state index is 0.239. The van der Waals surface area contributed by atoms with E-state index in [1.807, 2.05) is 22.6 Å². The van der Waals surface area contributed by atoms with E-state index in [0.29, 0.717) is 0 Å². The van der Waals surface area contributed by atoms with E-state index in [0.717, 1.165) is 3.58 Å². The second kappa shape index (κ2) is 5.28. The first-order valence-corrected chi connectivity index (χ1v) is 5.23. The molecule has 0 aromatic carbocycles. The summed E-state index contributed by atoms with van der Waals surface area (Å²) in [6, 6.07) is 0. The Balaban J connectivity index is 2.58. The Kier molecular flexibility index (Phi) is 4.30. The zero-order valence-corrected chi connectivity index (χ0v) is 9.75. The van der Waals surface area contributed by atoms with Crippen LogP contribution in [0.25, 0.3) is 0 Å². The molecule has 0 aromatic heterocycles. The Morgan fingerprint density at radius 2 is 2.64 bits per heavy atom. The number of amides is 1. The second-order valence-electron chi connectivity index (χ2n) is 2.55. The van der Waals surface area contributed by atoms with Crippen molar-refractivity contribution in [2.75, 3.05) is 6.61 Å². The van der Waals surface area contributed by atoms with Gasteiger partial charge in [-0.25, -0.2) is 14.2 Å². The molecular weight excluding hydrogens is 302 g/mol. The molecule has 1 atom stereocenters. The number of halogens is 2. The molecule has 0 radical (unpaired) electrons. The van der Waals surface area contributed by atoms with Gasteiger partial charge in [0.15, 0.2) is 6.30 Å². The fourth-order valence-corrected chi connectivity index (χ4v) is 1.44. The van der Waals surface area contributed by atoms with Gasteiger partial charge in [0.05, 0.1) is 10.2 Å². The number of carbonyl (C=O) groups is 1. The maximum atomic E-state index is 12.8. The summed E-state index contributed by atoms with van der Waals surface area (Å²) in [5.41, 5.74) is 0. The van der Waals surface area contributed by atoms with Crippen molar-refractivity contribution in [3.8, 4) is 0 Å². The van der Waals surface area contributed by atoms with Crippen LogP contribution in [0, 0.1) is 0 Å². The average Bonchev–Trinajstić information content (AvgIpc) is 2.12. The van der Waals surface area contributed by atoms with Crippen molar-refractivity contribution in [1.29, 1.82) is 0 Å². The number of amidine groups is 1. The summed E-state index contributed by atoms with van der Waals surface area (Å²) in [7, 11) is 0. The highest BCUT2D eigenvalue weighted by atomic mass is 127. The van der Waals surface area contributed by atoms with Crippen molar-refractivity contribution in [1.82, 2.24) is 5.32 Å². The van der Waals surface area contributed by atoms with E-state index in [-0.39, 0.29) is 18.9 Å². The molecular formula is C8H10FIN2O2. The van der Waals surface area contributed by atoms with Crippen LogP contribution in [-0.2, 0) is 4.74 Å². The average molecular weight is 312 g/mol. The van der Waals surface area contributed by atoms with Gasteiger partial charge in [0, 0.05) is 6.42 Å². The molecule has 1 aliphatic heterocycles. The minimum atomic E-state index is -1.27. The lowest BCUT2D eigenvalue weighted by atomic mass is 10.3. The molecule has 4 nitrogen and oxygen atoms in total. The van der Waals surface area contributed by atoms with Gasteiger partial charge in [0.1, 0.15) is 5.84 Å². The van der Waals surface area contributed by atoms with E-state index < -0.39 is 12.4 Å². The van der Waals surface area contributed by atoms with E-state index in [1.165, 1.54) is 0 Å². The fourth-order valence-electron chi connectivity index (χ4n) is 0.908. The number of alkyl carbamates (subject to hydrolysis) is 1. The number of hydrogen-bond donors (Lipinski definition) is 1. The Bertz CT molecular complexity index is 291. The molecule has 78 valence electrons. The molecule has 14 heavy (non-hydrogen) atoms. The highest BCUT2D eigenvalue weighted by Gasteiger charge is 2.16. The highest BCUT2D eigenvalue weighted by molar-refractivity contribution is 14.1. The minimum Gasteiger partial charge on any atom is -0.450 e. The smallest absolute Gasteiger partial charge is 0.412 e. The molecule has 0 saturated heterocycles. The van der Waals surface area contributed by atoms with Gasteiger partial charge in [-0.1, -0.05) is 6.08 Å². The predicted molar refractivity (Wildman–Crippen MR) is 59.2 cm³/mol. The van der Waals surface area contributed by atoms with Crippen LogP contribution in [0.5, 0.6) is 0 Å². The first-order chi connectivity index (χ1) is 6.63. The molecule has 1 aliphatic rings. The fraction of sp³-hybridized carbons (Fsp3) is 0.500. The zero-order chi connectivity index (χ0) is 10.6. The van der Waals surface area contributed by atoms with Gasteiger partial charge in [0.25, 0.3) is 0 Å². The van der Waals surface area contributed by atoms with Crippen LogP contribution in [0.4, 0.5) is 9.18 Å². The lowest BCUT2D eigenvalue weighted by Gasteiger charge is -2.13. The van der Waals surface area contributed by atoms with E-state index in [9.17, 15) is 9.18 Å². The molecule has 0 aromatic rings. The summed E-state index contributed by atoms with van der Waals surface area (Å²) in [4.78, 5) is 14.6. The molecule has 1 unspecified atom stereocenters. The lowest BCUT2D eigenvalue weighted by molar-refractivity contribution is 0.157. The van der Waals surface area contributed by atoms with Crippen molar-refractivity contribution in [2.45, 2.75) is 19.6 Å². The van der Waals surface area contributed by atoms with Crippen LogP contribution in [-0.4, -0.2) is 24.8 Å². The SMILES string of the molecule is CCOC(=O)NC1=NC(F)CC=C1I. The number of ether oxygens (including phenoxy) is 1. The van der Waals surface area contributed by atoms with Gasteiger partial charge < -0.3 is 4.74 Å². The highest BCUT2D eigenvalue weighted by Crippen LogP contribution is 2.17. The van der Waals surface area contributed by atoms with E-state index in [1.54, 1.807) is 13.0 Å². The van der Waals surface area contributed by atoms with Gasteiger partial charge in [0.2, 0.25) is 0 Å². The summed E-state index contributed by atoms with van der Waals surface area (Å²) in [6.07, 6.45) is 0.0554. The summed E-state index contributed by atoms with van der Waals surface area (Å²) in [5, 5.41) is 2.37. The Hall–Kier alpha value is -0.660. The monoisotopic (exact) mass is 312 g/mol. The molecule has 1 amide bonds. The van der Waals surface area contributed by atoms with E-state index in [2.05, 4.69) is 15.0 Å². The Morgan fingerprint density at radius 1 is 1.93 bits per heavy atom. The molecule has 0 bridgehead atoms. The topological polar surface area (TPSA) is 50.7 Å². The molecule has 1 heterocycles. The normalized spacial score (nSPS) is 20.9. The second-order valence-corrected chi connectivity index (χ2v) is 3.71. The van der Waals surface area contributed by atoms with Crippen LogP contribution in [0.15, 0.2) is 14.6 Å². The van der Waals surface area contributed by atoms with Crippen molar-refractivity contribution in [3.63, 3.8) is 0 Å². The maximum Gasteiger partial charge on any atom is 0.412 e.